The molecule has 56 valence electrons. The minimum atomic E-state index is -1.41. The second-order valence-electron chi connectivity index (χ2n) is 1.75. The van der Waals surface area contributed by atoms with Gasteiger partial charge in [0.15, 0.2) is 10.7 Å². The normalized spacial score (nSPS) is 13.6. The molecule has 0 amide bonds. The summed E-state index contributed by atoms with van der Waals surface area (Å²) < 4.78 is 11.9. The molecule has 1 nitrogen and oxygen atoms in total. The van der Waals surface area contributed by atoms with Crippen LogP contribution in [0.2, 0.25) is 4.34 Å². The first-order chi connectivity index (χ1) is 4.61. The van der Waals surface area contributed by atoms with Crippen molar-refractivity contribution in [1.29, 1.82) is 0 Å². The van der Waals surface area contributed by atoms with Crippen molar-refractivity contribution in [2.45, 2.75) is 11.1 Å². The Morgan fingerprint density at radius 3 is 2.50 bits per heavy atom. The van der Waals surface area contributed by atoms with E-state index in [1.807, 2.05) is 6.92 Å². The van der Waals surface area contributed by atoms with Crippen molar-refractivity contribution < 1.29 is 4.55 Å². The molecule has 0 saturated carbocycles. The number of rotatable bonds is 1. The van der Waals surface area contributed by atoms with Crippen molar-refractivity contribution >= 4 is 44.0 Å². The van der Waals surface area contributed by atoms with Crippen molar-refractivity contribution in [3.8, 4) is 0 Å². The highest BCUT2D eigenvalue weighted by Gasteiger charge is 2.13. The van der Waals surface area contributed by atoms with Crippen molar-refractivity contribution in [2.24, 2.45) is 0 Å². The highest BCUT2D eigenvalue weighted by Crippen LogP contribution is 2.31. The molecule has 1 aromatic rings. The van der Waals surface area contributed by atoms with Gasteiger partial charge < -0.3 is 4.55 Å². The van der Waals surface area contributed by atoms with Crippen LogP contribution in [0.25, 0.3) is 0 Å². The van der Waals surface area contributed by atoms with Crippen LogP contribution in [0.5, 0.6) is 0 Å². The third-order valence-electron chi connectivity index (χ3n) is 0.993. The number of halogens is 2. The molecule has 1 aromatic heterocycles. The van der Waals surface area contributed by atoms with Gasteiger partial charge in [0, 0.05) is 6.07 Å². The number of hydrogen-bond donors (Lipinski definition) is 0. The summed E-state index contributed by atoms with van der Waals surface area (Å²) in [6.07, 6.45) is 0. The van der Waals surface area contributed by atoms with Gasteiger partial charge in [-0.15, -0.1) is 0 Å². The van der Waals surface area contributed by atoms with Gasteiger partial charge in [-0.1, -0.05) is 22.9 Å². The number of hydrogen-bond acceptors (Lipinski definition) is 2. The standard InChI is InChI=1S/C5H4Cl2OS2/c1-3-2-4(10(7)8)9-5(3)6/h2H,1H3. The zero-order valence-corrected chi connectivity index (χ0v) is 8.20. The van der Waals surface area contributed by atoms with E-state index in [4.69, 9.17) is 22.3 Å². The summed E-state index contributed by atoms with van der Waals surface area (Å²) in [7, 11) is 3.90. The van der Waals surface area contributed by atoms with E-state index in [1.165, 1.54) is 11.3 Å². The van der Waals surface area contributed by atoms with Gasteiger partial charge in [0.05, 0.1) is 0 Å². The van der Waals surface area contributed by atoms with Crippen LogP contribution in [0.3, 0.4) is 0 Å². The third-order valence-corrected chi connectivity index (χ3v) is 4.25. The van der Waals surface area contributed by atoms with Gasteiger partial charge in [0.2, 0.25) is 4.21 Å². The molecule has 1 rings (SSSR count). The van der Waals surface area contributed by atoms with E-state index in [0.717, 1.165) is 5.56 Å². The van der Waals surface area contributed by atoms with Crippen LogP contribution in [0, 0.1) is 6.92 Å². The average Bonchev–Trinajstić information content (AvgIpc) is 2.13. The summed E-state index contributed by atoms with van der Waals surface area (Å²) in [4.78, 5) is 0. The Morgan fingerprint density at radius 1 is 1.70 bits per heavy atom. The van der Waals surface area contributed by atoms with Crippen LogP contribution in [0.15, 0.2) is 10.3 Å². The van der Waals surface area contributed by atoms with Crippen LogP contribution < -0.4 is 0 Å². The predicted octanol–water partition coefficient (Wildman–Crippen LogP) is 2.97. The molecule has 1 unspecified atom stereocenters. The molecule has 0 bridgehead atoms. The fourth-order valence-electron chi connectivity index (χ4n) is 0.511. The van der Waals surface area contributed by atoms with E-state index in [1.54, 1.807) is 6.07 Å². The predicted molar refractivity (Wildman–Crippen MR) is 46.3 cm³/mol. The number of thiophene rings is 1. The number of aryl methyl sites for hydroxylation is 1. The van der Waals surface area contributed by atoms with Gasteiger partial charge in [-0.05, 0) is 12.5 Å². The zero-order valence-electron chi connectivity index (χ0n) is 5.06. The first kappa shape index (κ1) is 8.68. The van der Waals surface area contributed by atoms with Gasteiger partial charge in [0.1, 0.15) is 14.7 Å². The lowest BCUT2D eigenvalue weighted by Crippen LogP contribution is -1.83. The quantitative estimate of drug-likeness (QED) is 0.660. The van der Waals surface area contributed by atoms with Crippen molar-refractivity contribution in [1.82, 2.24) is 0 Å². The van der Waals surface area contributed by atoms with Crippen molar-refractivity contribution in [2.75, 3.05) is 0 Å². The third kappa shape index (κ3) is 1.80. The van der Waals surface area contributed by atoms with Crippen molar-refractivity contribution in [3.05, 3.63) is 16.0 Å². The fraction of sp³-hybridized carbons (Fsp3) is 0.200. The van der Waals surface area contributed by atoms with Gasteiger partial charge in [-0.2, -0.15) is 0 Å². The van der Waals surface area contributed by atoms with E-state index in [2.05, 4.69) is 0 Å². The first-order valence-corrected chi connectivity index (χ1v) is 5.62. The molecule has 10 heavy (non-hydrogen) atoms. The molecule has 0 aliphatic carbocycles. The maximum absolute atomic E-state index is 10.6. The molecule has 0 aliphatic rings. The lowest BCUT2D eigenvalue weighted by molar-refractivity contribution is 0.610. The Bertz CT molecular complexity index is 214. The monoisotopic (exact) mass is 214 g/mol. The van der Waals surface area contributed by atoms with Crippen molar-refractivity contribution in [3.63, 3.8) is 0 Å². The molecular weight excluding hydrogens is 211 g/mol. The summed E-state index contributed by atoms with van der Waals surface area (Å²) >= 11 is 6.95. The molecule has 5 heteroatoms. The van der Waals surface area contributed by atoms with Crippen LogP contribution >= 0.6 is 33.6 Å². The molecule has 1 atom stereocenters. The van der Waals surface area contributed by atoms with E-state index in [0.29, 0.717) is 8.55 Å². The molecule has 0 saturated heterocycles. The molecule has 0 radical (unpaired) electrons. The molecule has 1 heterocycles. The Hall–Kier alpha value is 0.590. The SMILES string of the molecule is Cc1cc([S+]([O-])Cl)sc1Cl. The molecule has 0 aliphatic heterocycles. The Balaban J connectivity index is 2.98. The second-order valence-corrected chi connectivity index (χ2v) is 5.39. The van der Waals surface area contributed by atoms with Gasteiger partial charge >= 0.3 is 0 Å². The lowest BCUT2D eigenvalue weighted by Gasteiger charge is -1.90. The summed E-state index contributed by atoms with van der Waals surface area (Å²) in [5.74, 6) is 0. The van der Waals surface area contributed by atoms with E-state index >= 15 is 0 Å². The minimum absolute atomic E-state index is 0.615. The van der Waals surface area contributed by atoms with E-state index in [9.17, 15) is 4.55 Å². The van der Waals surface area contributed by atoms with Crippen LogP contribution in [-0.4, -0.2) is 4.55 Å². The summed E-state index contributed by atoms with van der Waals surface area (Å²) in [6, 6.07) is 1.73. The highest BCUT2D eigenvalue weighted by molar-refractivity contribution is 8.15. The zero-order chi connectivity index (χ0) is 7.72. The molecular formula is C5H4Cl2OS2. The summed E-state index contributed by atoms with van der Waals surface area (Å²) in [5.41, 5.74) is 0.927. The van der Waals surface area contributed by atoms with Crippen LogP contribution in [0.1, 0.15) is 5.56 Å². The van der Waals surface area contributed by atoms with E-state index < -0.39 is 10.4 Å². The largest absolute Gasteiger partial charge is 0.593 e. The van der Waals surface area contributed by atoms with E-state index in [-0.39, 0.29) is 0 Å². The van der Waals surface area contributed by atoms with Crippen LogP contribution in [0.4, 0.5) is 0 Å². The maximum Gasteiger partial charge on any atom is 0.228 e. The fourth-order valence-corrected chi connectivity index (χ4v) is 2.78. The average molecular weight is 215 g/mol. The molecule has 0 aromatic carbocycles. The Morgan fingerprint density at radius 2 is 2.30 bits per heavy atom. The Kier molecular flexibility index (Phi) is 2.89. The van der Waals surface area contributed by atoms with Gasteiger partial charge in [0.25, 0.3) is 0 Å². The minimum Gasteiger partial charge on any atom is -0.593 e. The highest BCUT2D eigenvalue weighted by atomic mass is 35.7. The van der Waals surface area contributed by atoms with Crippen LogP contribution in [-0.2, 0) is 10.4 Å². The Labute approximate surface area is 75.6 Å². The second kappa shape index (κ2) is 3.32. The van der Waals surface area contributed by atoms with Gasteiger partial charge in [-0.25, -0.2) is 0 Å². The molecule has 0 N–H and O–H groups in total. The maximum atomic E-state index is 10.6. The smallest absolute Gasteiger partial charge is 0.228 e. The first-order valence-electron chi connectivity index (χ1n) is 2.45. The molecule has 0 fully saturated rings. The summed E-state index contributed by atoms with van der Waals surface area (Å²) in [6.45, 7) is 1.85. The topological polar surface area (TPSA) is 23.1 Å². The van der Waals surface area contributed by atoms with Gasteiger partial charge in [-0.3, -0.25) is 0 Å². The molecule has 0 spiro atoms. The lowest BCUT2D eigenvalue weighted by atomic mass is 10.4. The summed E-state index contributed by atoms with van der Waals surface area (Å²) in [5, 5.41) is 0.